The first kappa shape index (κ1) is 22.1. The van der Waals surface area contributed by atoms with E-state index in [-0.39, 0.29) is 17.5 Å². The SMILES string of the molecule is Cc1c(Cl)cccc1-n1ccnc1SCC(=O)NC(c1cccc(F)c1)c1nccn1C. The summed E-state index contributed by atoms with van der Waals surface area (Å²) >= 11 is 7.57. The Morgan fingerprint density at radius 1 is 1.19 bits per heavy atom. The summed E-state index contributed by atoms with van der Waals surface area (Å²) in [6, 6.07) is 11.2. The number of aryl methyl sites for hydroxylation is 1. The van der Waals surface area contributed by atoms with Gasteiger partial charge in [0.25, 0.3) is 0 Å². The lowest BCUT2D eigenvalue weighted by Crippen LogP contribution is -2.32. The van der Waals surface area contributed by atoms with Crippen molar-refractivity contribution in [1.82, 2.24) is 24.4 Å². The Labute approximate surface area is 194 Å². The van der Waals surface area contributed by atoms with E-state index in [0.29, 0.717) is 21.6 Å². The monoisotopic (exact) mass is 469 g/mol. The van der Waals surface area contributed by atoms with Crippen LogP contribution < -0.4 is 5.32 Å². The van der Waals surface area contributed by atoms with Crippen LogP contribution in [-0.4, -0.2) is 30.8 Å². The minimum absolute atomic E-state index is 0.132. The van der Waals surface area contributed by atoms with Gasteiger partial charge in [-0.15, -0.1) is 0 Å². The third-order valence-electron chi connectivity index (χ3n) is 5.04. The molecule has 9 heteroatoms. The Balaban J connectivity index is 1.51. The normalized spacial score (nSPS) is 12.0. The Morgan fingerprint density at radius 3 is 2.72 bits per heavy atom. The maximum absolute atomic E-state index is 13.8. The average Bonchev–Trinajstić information content (AvgIpc) is 3.41. The standard InChI is InChI=1S/C23H21ClFN5OS/c1-15-18(24)7-4-8-19(15)30-12-10-27-23(30)32-14-20(31)28-21(22-26-9-11-29(22)2)16-5-3-6-17(25)13-16/h3-13,21H,14H2,1-2H3,(H,28,31). The smallest absolute Gasteiger partial charge is 0.231 e. The fourth-order valence-corrected chi connectivity index (χ4v) is 4.35. The molecular weight excluding hydrogens is 449 g/mol. The van der Waals surface area contributed by atoms with Crippen LogP contribution in [0.15, 0.2) is 72.4 Å². The number of rotatable bonds is 7. The summed E-state index contributed by atoms with van der Waals surface area (Å²) in [5.74, 6) is 0.159. The predicted octanol–water partition coefficient (Wildman–Crippen LogP) is 4.70. The third-order valence-corrected chi connectivity index (χ3v) is 6.42. The lowest BCUT2D eigenvalue weighted by atomic mass is 10.1. The molecule has 0 radical (unpaired) electrons. The van der Waals surface area contributed by atoms with Crippen molar-refractivity contribution in [2.45, 2.75) is 18.1 Å². The van der Waals surface area contributed by atoms with Gasteiger partial charge in [0.1, 0.15) is 17.7 Å². The number of carbonyl (C=O) groups excluding carboxylic acids is 1. The summed E-state index contributed by atoms with van der Waals surface area (Å²) in [5.41, 5.74) is 2.46. The molecule has 1 unspecified atom stereocenters. The van der Waals surface area contributed by atoms with E-state index in [4.69, 9.17) is 11.6 Å². The van der Waals surface area contributed by atoms with Gasteiger partial charge in [-0.3, -0.25) is 9.36 Å². The number of nitrogens with one attached hydrogen (secondary N) is 1. The molecular formula is C23H21ClFN5OS. The molecule has 32 heavy (non-hydrogen) atoms. The number of amides is 1. The maximum atomic E-state index is 13.8. The van der Waals surface area contributed by atoms with Crippen molar-refractivity contribution in [3.63, 3.8) is 0 Å². The minimum Gasteiger partial charge on any atom is -0.341 e. The van der Waals surface area contributed by atoms with Crippen molar-refractivity contribution in [3.05, 3.63) is 95.0 Å². The Bertz CT molecular complexity index is 1250. The number of hydrogen-bond acceptors (Lipinski definition) is 4. The van der Waals surface area contributed by atoms with Crippen LogP contribution in [0.25, 0.3) is 5.69 Å². The Hall–Kier alpha value is -3.10. The summed E-state index contributed by atoms with van der Waals surface area (Å²) in [5, 5.41) is 4.31. The topological polar surface area (TPSA) is 64.7 Å². The first-order valence-electron chi connectivity index (χ1n) is 9.87. The van der Waals surface area contributed by atoms with E-state index in [1.807, 2.05) is 42.9 Å². The number of aromatic nitrogens is 4. The molecule has 164 valence electrons. The molecule has 0 aliphatic rings. The van der Waals surface area contributed by atoms with E-state index in [1.165, 1.54) is 23.9 Å². The van der Waals surface area contributed by atoms with Gasteiger partial charge in [-0.1, -0.05) is 41.6 Å². The van der Waals surface area contributed by atoms with Gasteiger partial charge in [0.05, 0.1) is 11.4 Å². The van der Waals surface area contributed by atoms with Crippen LogP contribution in [0.5, 0.6) is 0 Å². The number of imidazole rings is 2. The summed E-state index contributed by atoms with van der Waals surface area (Å²) in [4.78, 5) is 21.6. The summed E-state index contributed by atoms with van der Waals surface area (Å²) in [6.07, 6.45) is 6.95. The van der Waals surface area contributed by atoms with Crippen molar-refractivity contribution < 1.29 is 9.18 Å². The van der Waals surface area contributed by atoms with Crippen LogP contribution in [0.3, 0.4) is 0 Å². The maximum Gasteiger partial charge on any atom is 0.231 e. The molecule has 2 aromatic carbocycles. The zero-order valence-corrected chi connectivity index (χ0v) is 19.1. The Morgan fingerprint density at radius 2 is 1.97 bits per heavy atom. The molecule has 0 aliphatic heterocycles. The second kappa shape index (κ2) is 9.58. The number of halogens is 2. The van der Waals surface area contributed by atoms with Gasteiger partial charge in [-0.25, -0.2) is 14.4 Å². The molecule has 4 rings (SSSR count). The zero-order valence-electron chi connectivity index (χ0n) is 17.5. The summed E-state index contributed by atoms with van der Waals surface area (Å²) in [6.45, 7) is 1.94. The minimum atomic E-state index is -0.575. The second-order valence-corrected chi connectivity index (χ2v) is 8.55. The second-order valence-electron chi connectivity index (χ2n) is 7.20. The summed E-state index contributed by atoms with van der Waals surface area (Å²) in [7, 11) is 1.83. The Kier molecular flexibility index (Phi) is 6.62. The highest BCUT2D eigenvalue weighted by atomic mass is 35.5. The average molecular weight is 470 g/mol. The fraction of sp³-hybridized carbons (Fsp3) is 0.174. The molecule has 4 aromatic rings. The van der Waals surface area contributed by atoms with Crippen LogP contribution in [0.2, 0.25) is 5.02 Å². The van der Waals surface area contributed by atoms with E-state index in [1.54, 1.807) is 35.3 Å². The lowest BCUT2D eigenvalue weighted by Gasteiger charge is -2.19. The number of thioether (sulfide) groups is 1. The van der Waals surface area contributed by atoms with Crippen molar-refractivity contribution in [3.8, 4) is 5.69 Å². The van der Waals surface area contributed by atoms with Crippen molar-refractivity contribution in [2.24, 2.45) is 7.05 Å². The molecule has 2 aromatic heterocycles. The van der Waals surface area contributed by atoms with E-state index in [0.717, 1.165) is 11.3 Å². The van der Waals surface area contributed by atoms with Gasteiger partial charge in [-0.2, -0.15) is 0 Å². The van der Waals surface area contributed by atoms with E-state index in [2.05, 4.69) is 15.3 Å². The van der Waals surface area contributed by atoms with E-state index < -0.39 is 6.04 Å². The van der Waals surface area contributed by atoms with Crippen molar-refractivity contribution in [1.29, 1.82) is 0 Å². The molecule has 0 aliphatic carbocycles. The summed E-state index contributed by atoms with van der Waals surface area (Å²) < 4.78 is 17.6. The molecule has 1 N–H and O–H groups in total. The van der Waals surface area contributed by atoms with Crippen molar-refractivity contribution in [2.75, 3.05) is 5.75 Å². The molecule has 0 bridgehead atoms. The van der Waals surface area contributed by atoms with Gasteiger partial charge >= 0.3 is 0 Å². The first-order valence-corrected chi connectivity index (χ1v) is 11.2. The van der Waals surface area contributed by atoms with Gasteiger partial charge in [0.2, 0.25) is 5.91 Å². The number of carbonyl (C=O) groups is 1. The highest BCUT2D eigenvalue weighted by Gasteiger charge is 2.22. The molecule has 2 heterocycles. The number of hydrogen-bond donors (Lipinski definition) is 1. The van der Waals surface area contributed by atoms with Crippen LogP contribution in [0, 0.1) is 12.7 Å². The van der Waals surface area contributed by atoms with Crippen molar-refractivity contribution >= 4 is 29.3 Å². The quantitative estimate of drug-likeness (QED) is 0.398. The van der Waals surface area contributed by atoms with E-state index >= 15 is 0 Å². The molecule has 1 amide bonds. The van der Waals surface area contributed by atoms with Crippen LogP contribution in [0.1, 0.15) is 23.0 Å². The highest BCUT2D eigenvalue weighted by molar-refractivity contribution is 7.99. The fourth-order valence-electron chi connectivity index (χ4n) is 3.41. The highest BCUT2D eigenvalue weighted by Crippen LogP contribution is 2.27. The number of benzene rings is 2. The molecule has 0 saturated carbocycles. The number of nitrogens with zero attached hydrogens (tertiary/aromatic N) is 4. The van der Waals surface area contributed by atoms with Gasteiger partial charge in [0, 0.05) is 36.9 Å². The van der Waals surface area contributed by atoms with Crippen LogP contribution in [0.4, 0.5) is 4.39 Å². The molecule has 1 atom stereocenters. The van der Waals surface area contributed by atoms with Gasteiger partial charge in [0.15, 0.2) is 5.16 Å². The lowest BCUT2D eigenvalue weighted by molar-refractivity contribution is -0.119. The molecule has 0 fully saturated rings. The largest absolute Gasteiger partial charge is 0.341 e. The van der Waals surface area contributed by atoms with Gasteiger partial charge in [-0.05, 0) is 42.3 Å². The molecule has 0 spiro atoms. The first-order chi connectivity index (χ1) is 15.4. The zero-order chi connectivity index (χ0) is 22.7. The predicted molar refractivity (Wildman–Crippen MR) is 124 cm³/mol. The van der Waals surface area contributed by atoms with Crippen LogP contribution in [-0.2, 0) is 11.8 Å². The third kappa shape index (κ3) is 4.71. The van der Waals surface area contributed by atoms with Crippen LogP contribution >= 0.6 is 23.4 Å². The van der Waals surface area contributed by atoms with E-state index in [9.17, 15) is 9.18 Å². The molecule has 6 nitrogen and oxygen atoms in total. The molecule has 0 saturated heterocycles. The van der Waals surface area contributed by atoms with Gasteiger partial charge < -0.3 is 9.88 Å².